The summed E-state index contributed by atoms with van der Waals surface area (Å²) in [6.07, 6.45) is 1.39. The summed E-state index contributed by atoms with van der Waals surface area (Å²) in [6, 6.07) is 19.3. The van der Waals surface area contributed by atoms with Crippen molar-refractivity contribution in [3.8, 4) is 0 Å². The summed E-state index contributed by atoms with van der Waals surface area (Å²) in [5, 5.41) is 3.46. The first-order valence-corrected chi connectivity index (χ1v) is 7.76. The third kappa shape index (κ3) is 3.72. The van der Waals surface area contributed by atoms with Crippen LogP contribution >= 0.6 is 0 Å². The van der Waals surface area contributed by atoms with Crippen LogP contribution in [0.2, 0.25) is 0 Å². The Morgan fingerprint density at radius 2 is 1.95 bits per heavy atom. The van der Waals surface area contributed by atoms with Gasteiger partial charge >= 0.3 is 0 Å². The minimum Gasteiger partial charge on any atom is -0.372 e. The van der Waals surface area contributed by atoms with Crippen LogP contribution in [0.1, 0.15) is 29.0 Å². The fourth-order valence-corrected chi connectivity index (χ4v) is 3.06. The van der Waals surface area contributed by atoms with Gasteiger partial charge in [0, 0.05) is 12.5 Å². The number of piperidine rings is 1. The fraction of sp³-hybridized carbons (Fsp3) is 0.368. The maximum atomic E-state index is 6.21. The first-order valence-electron chi connectivity index (χ1n) is 7.76. The molecule has 3 rings (SSSR count). The summed E-state index contributed by atoms with van der Waals surface area (Å²) in [7, 11) is 0. The number of ether oxygens (including phenoxy) is 1. The molecule has 0 saturated carbocycles. The van der Waals surface area contributed by atoms with Gasteiger partial charge in [-0.1, -0.05) is 60.2 Å². The summed E-state index contributed by atoms with van der Waals surface area (Å²) >= 11 is 0. The molecule has 0 radical (unpaired) electrons. The smallest absolute Gasteiger partial charge is 0.0772 e. The molecule has 2 atom stereocenters. The average Bonchev–Trinajstić information content (AvgIpc) is 2.54. The van der Waals surface area contributed by atoms with E-state index in [1.165, 1.54) is 16.7 Å². The van der Waals surface area contributed by atoms with Crippen molar-refractivity contribution in [3.05, 3.63) is 71.3 Å². The summed E-state index contributed by atoms with van der Waals surface area (Å²) in [4.78, 5) is 0. The van der Waals surface area contributed by atoms with Crippen molar-refractivity contribution in [3.63, 3.8) is 0 Å². The highest BCUT2D eigenvalue weighted by atomic mass is 16.5. The summed E-state index contributed by atoms with van der Waals surface area (Å²) < 4.78 is 6.21. The highest BCUT2D eigenvalue weighted by Crippen LogP contribution is 2.28. The Balaban J connectivity index is 1.70. The molecule has 0 aromatic heterocycles. The number of hydrogen-bond acceptors (Lipinski definition) is 2. The Bertz CT molecular complexity index is 567. The lowest BCUT2D eigenvalue weighted by molar-refractivity contribution is 0.0106. The topological polar surface area (TPSA) is 21.3 Å². The van der Waals surface area contributed by atoms with Crippen LogP contribution in [0, 0.1) is 6.92 Å². The number of nitrogens with one attached hydrogen (secondary N) is 1. The van der Waals surface area contributed by atoms with E-state index in [0.29, 0.717) is 12.5 Å². The van der Waals surface area contributed by atoms with Crippen molar-refractivity contribution < 1.29 is 4.74 Å². The van der Waals surface area contributed by atoms with Crippen molar-refractivity contribution in [1.29, 1.82) is 0 Å². The van der Waals surface area contributed by atoms with E-state index >= 15 is 0 Å². The van der Waals surface area contributed by atoms with Crippen LogP contribution in [0.5, 0.6) is 0 Å². The van der Waals surface area contributed by atoms with Crippen molar-refractivity contribution in [2.24, 2.45) is 0 Å². The molecule has 2 heteroatoms. The van der Waals surface area contributed by atoms with Gasteiger partial charge < -0.3 is 10.1 Å². The van der Waals surface area contributed by atoms with Gasteiger partial charge in [0.15, 0.2) is 0 Å². The zero-order valence-corrected chi connectivity index (χ0v) is 12.6. The zero-order chi connectivity index (χ0) is 14.5. The van der Waals surface area contributed by atoms with E-state index in [-0.39, 0.29) is 6.10 Å². The maximum Gasteiger partial charge on any atom is 0.0772 e. The van der Waals surface area contributed by atoms with Gasteiger partial charge in [-0.25, -0.2) is 0 Å². The highest BCUT2D eigenvalue weighted by Gasteiger charge is 2.27. The predicted molar refractivity (Wildman–Crippen MR) is 86.4 cm³/mol. The van der Waals surface area contributed by atoms with E-state index in [2.05, 4.69) is 60.8 Å². The molecular formula is C19H23NO. The molecule has 2 unspecified atom stereocenters. The first kappa shape index (κ1) is 14.3. The van der Waals surface area contributed by atoms with Crippen LogP contribution in [-0.4, -0.2) is 19.2 Å². The third-order valence-corrected chi connectivity index (χ3v) is 4.20. The Labute approximate surface area is 127 Å². The van der Waals surface area contributed by atoms with Gasteiger partial charge in [0.2, 0.25) is 0 Å². The van der Waals surface area contributed by atoms with Gasteiger partial charge in [-0.2, -0.15) is 0 Å². The van der Waals surface area contributed by atoms with Gasteiger partial charge in [0.25, 0.3) is 0 Å². The standard InChI is InChI=1S/C19H23NO/c1-15-6-5-9-17(12-15)18-10-11-20-13-19(18)21-14-16-7-3-2-4-8-16/h2-9,12,18-20H,10-11,13-14H2,1H3. The zero-order valence-electron chi connectivity index (χ0n) is 12.6. The monoisotopic (exact) mass is 281 g/mol. The van der Waals surface area contributed by atoms with Crippen LogP contribution in [0.25, 0.3) is 0 Å². The lowest BCUT2D eigenvalue weighted by Gasteiger charge is -2.32. The number of hydrogen-bond donors (Lipinski definition) is 1. The van der Waals surface area contributed by atoms with Gasteiger partial charge in [-0.05, 0) is 31.0 Å². The van der Waals surface area contributed by atoms with E-state index in [9.17, 15) is 0 Å². The van der Waals surface area contributed by atoms with Gasteiger partial charge in [0.1, 0.15) is 0 Å². The van der Waals surface area contributed by atoms with E-state index in [1.54, 1.807) is 0 Å². The second-order valence-corrected chi connectivity index (χ2v) is 5.85. The molecule has 2 aromatic carbocycles. The second-order valence-electron chi connectivity index (χ2n) is 5.85. The molecule has 1 fully saturated rings. The molecule has 2 nitrogen and oxygen atoms in total. The minimum atomic E-state index is 0.251. The van der Waals surface area contributed by atoms with E-state index in [0.717, 1.165) is 19.5 Å². The molecule has 21 heavy (non-hydrogen) atoms. The van der Waals surface area contributed by atoms with Crippen LogP contribution in [0.4, 0.5) is 0 Å². The minimum absolute atomic E-state index is 0.251. The van der Waals surface area contributed by atoms with E-state index in [1.807, 2.05) is 6.07 Å². The molecule has 1 aliphatic heterocycles. The molecular weight excluding hydrogens is 258 g/mol. The van der Waals surface area contributed by atoms with Gasteiger partial charge in [0.05, 0.1) is 12.7 Å². The number of benzene rings is 2. The Hall–Kier alpha value is -1.64. The summed E-state index contributed by atoms with van der Waals surface area (Å²) in [5.74, 6) is 0.495. The molecule has 2 aromatic rings. The van der Waals surface area contributed by atoms with E-state index in [4.69, 9.17) is 4.74 Å². The van der Waals surface area contributed by atoms with Gasteiger partial charge in [-0.15, -0.1) is 0 Å². The van der Waals surface area contributed by atoms with Crippen LogP contribution in [0.3, 0.4) is 0 Å². The van der Waals surface area contributed by atoms with Crippen LogP contribution < -0.4 is 5.32 Å². The highest BCUT2D eigenvalue weighted by molar-refractivity contribution is 5.27. The lowest BCUT2D eigenvalue weighted by Crippen LogP contribution is -2.41. The summed E-state index contributed by atoms with van der Waals surface area (Å²) in [6.45, 7) is 4.86. The SMILES string of the molecule is Cc1cccc(C2CCNCC2OCc2ccccc2)c1. The van der Waals surface area contributed by atoms with E-state index < -0.39 is 0 Å². The Morgan fingerprint density at radius 1 is 1.10 bits per heavy atom. The fourth-order valence-electron chi connectivity index (χ4n) is 3.06. The lowest BCUT2D eigenvalue weighted by atomic mass is 9.87. The maximum absolute atomic E-state index is 6.21. The third-order valence-electron chi connectivity index (χ3n) is 4.20. The summed E-state index contributed by atoms with van der Waals surface area (Å²) in [5.41, 5.74) is 3.98. The predicted octanol–water partition coefficient (Wildman–Crippen LogP) is 3.66. The van der Waals surface area contributed by atoms with Crippen LogP contribution in [-0.2, 0) is 11.3 Å². The van der Waals surface area contributed by atoms with Crippen molar-refractivity contribution in [1.82, 2.24) is 5.32 Å². The molecule has 1 N–H and O–H groups in total. The largest absolute Gasteiger partial charge is 0.372 e. The van der Waals surface area contributed by atoms with Crippen LogP contribution in [0.15, 0.2) is 54.6 Å². The number of aryl methyl sites for hydroxylation is 1. The molecule has 0 aliphatic carbocycles. The first-order chi connectivity index (χ1) is 10.3. The van der Waals surface area contributed by atoms with Crippen molar-refractivity contribution in [2.45, 2.75) is 32.0 Å². The van der Waals surface area contributed by atoms with Crippen molar-refractivity contribution >= 4 is 0 Å². The normalized spacial score (nSPS) is 22.1. The molecule has 0 spiro atoms. The molecule has 1 saturated heterocycles. The Kier molecular flexibility index (Phi) is 4.69. The van der Waals surface area contributed by atoms with Gasteiger partial charge in [-0.3, -0.25) is 0 Å². The average molecular weight is 281 g/mol. The Morgan fingerprint density at radius 3 is 2.76 bits per heavy atom. The molecule has 1 heterocycles. The molecule has 1 aliphatic rings. The molecule has 0 bridgehead atoms. The van der Waals surface area contributed by atoms with Crippen molar-refractivity contribution in [2.75, 3.05) is 13.1 Å². The molecule has 0 amide bonds. The second kappa shape index (κ2) is 6.88. The quantitative estimate of drug-likeness (QED) is 0.923. The molecule has 110 valence electrons. The number of rotatable bonds is 4.